The smallest absolute Gasteiger partial charge is 0.0691 e. The van der Waals surface area contributed by atoms with Crippen LogP contribution < -0.4 is 4.90 Å². The van der Waals surface area contributed by atoms with Crippen LogP contribution in [0.5, 0.6) is 0 Å². The molecule has 0 aliphatic heterocycles. The number of hydrogen-bond acceptors (Lipinski definition) is 1. The molecule has 2 nitrogen and oxygen atoms in total. The molecule has 0 atom stereocenters. The van der Waals surface area contributed by atoms with E-state index in [0.717, 1.165) is 13.1 Å². The zero-order valence-corrected chi connectivity index (χ0v) is 9.90. The molecule has 0 unspecified atom stereocenters. The second kappa shape index (κ2) is 4.88. The lowest BCUT2D eigenvalue weighted by Gasteiger charge is -2.21. The van der Waals surface area contributed by atoms with Crippen LogP contribution >= 0.6 is 0 Å². The molecule has 2 heteroatoms. The molecule has 0 spiro atoms. The third-order valence-electron chi connectivity index (χ3n) is 2.89. The second-order valence-electron chi connectivity index (χ2n) is 3.78. The highest BCUT2D eigenvalue weighted by atomic mass is 15.1. The van der Waals surface area contributed by atoms with Crippen molar-refractivity contribution >= 4 is 5.69 Å². The first kappa shape index (κ1) is 10.8. The molecule has 0 bridgehead atoms. The molecule has 2 rings (SSSR count). The molecule has 0 amide bonds. The molecule has 0 saturated carbocycles. The van der Waals surface area contributed by atoms with Crippen molar-refractivity contribution < 1.29 is 0 Å². The Morgan fingerprint density at radius 3 is 2.31 bits per heavy atom. The topological polar surface area (TPSA) is 19.0 Å². The van der Waals surface area contributed by atoms with Gasteiger partial charge in [0.05, 0.1) is 11.4 Å². The molecule has 0 fully saturated rings. The number of nitrogens with one attached hydrogen (secondary N) is 1. The van der Waals surface area contributed by atoms with E-state index in [9.17, 15) is 0 Å². The van der Waals surface area contributed by atoms with Crippen LogP contribution in [0.25, 0.3) is 11.3 Å². The number of aromatic nitrogens is 1. The molecule has 0 saturated heterocycles. The van der Waals surface area contributed by atoms with Crippen LogP contribution in [0.2, 0.25) is 0 Å². The van der Waals surface area contributed by atoms with E-state index in [4.69, 9.17) is 0 Å². The van der Waals surface area contributed by atoms with E-state index >= 15 is 0 Å². The van der Waals surface area contributed by atoms with Crippen LogP contribution in [0.1, 0.15) is 13.8 Å². The lowest BCUT2D eigenvalue weighted by molar-refractivity contribution is 0.868. The van der Waals surface area contributed by atoms with Gasteiger partial charge in [-0.2, -0.15) is 0 Å². The summed E-state index contributed by atoms with van der Waals surface area (Å²) in [5.41, 5.74) is 3.75. The first-order valence-electron chi connectivity index (χ1n) is 5.84. The molecule has 1 aromatic carbocycles. The number of anilines is 1. The third-order valence-corrected chi connectivity index (χ3v) is 2.89. The van der Waals surface area contributed by atoms with Gasteiger partial charge in [0.15, 0.2) is 0 Å². The third kappa shape index (κ3) is 1.96. The first-order chi connectivity index (χ1) is 7.86. The maximum absolute atomic E-state index is 3.33. The van der Waals surface area contributed by atoms with Gasteiger partial charge in [0.1, 0.15) is 0 Å². The van der Waals surface area contributed by atoms with Crippen LogP contribution in [-0.2, 0) is 0 Å². The second-order valence-corrected chi connectivity index (χ2v) is 3.78. The Labute approximate surface area is 96.9 Å². The van der Waals surface area contributed by atoms with Gasteiger partial charge in [-0.25, -0.2) is 0 Å². The van der Waals surface area contributed by atoms with Gasteiger partial charge in [-0.05, 0) is 19.9 Å². The molecule has 0 aliphatic rings. The minimum Gasteiger partial charge on any atom is -0.370 e. The predicted octanol–water partition coefficient (Wildman–Crippen LogP) is 3.53. The van der Waals surface area contributed by atoms with Gasteiger partial charge in [0.2, 0.25) is 0 Å². The summed E-state index contributed by atoms with van der Waals surface area (Å²) >= 11 is 0. The molecule has 16 heavy (non-hydrogen) atoms. The maximum Gasteiger partial charge on any atom is 0.0691 e. The molecule has 0 radical (unpaired) electrons. The van der Waals surface area contributed by atoms with Gasteiger partial charge in [-0.3, -0.25) is 0 Å². The summed E-state index contributed by atoms with van der Waals surface area (Å²) in [4.78, 5) is 5.69. The minimum atomic E-state index is 1.04. The van der Waals surface area contributed by atoms with Crippen molar-refractivity contribution in [1.29, 1.82) is 0 Å². The Morgan fingerprint density at radius 2 is 1.69 bits per heavy atom. The number of aromatic amines is 1. The fourth-order valence-electron chi connectivity index (χ4n) is 2.03. The van der Waals surface area contributed by atoms with Gasteiger partial charge in [-0.15, -0.1) is 0 Å². The summed E-state index contributed by atoms with van der Waals surface area (Å²) in [5.74, 6) is 0. The average Bonchev–Trinajstić information content (AvgIpc) is 2.81. The van der Waals surface area contributed by atoms with E-state index in [1.165, 1.54) is 16.9 Å². The van der Waals surface area contributed by atoms with Crippen molar-refractivity contribution in [3.05, 3.63) is 42.6 Å². The van der Waals surface area contributed by atoms with Crippen LogP contribution in [-0.4, -0.2) is 18.1 Å². The highest BCUT2D eigenvalue weighted by molar-refractivity contribution is 5.75. The fraction of sp³-hybridized carbons (Fsp3) is 0.286. The number of nitrogens with zero attached hydrogens (tertiary/aromatic N) is 1. The SMILES string of the molecule is CCN(CC)c1cc[nH]c1-c1ccccc1. The lowest BCUT2D eigenvalue weighted by Crippen LogP contribution is -2.21. The summed E-state index contributed by atoms with van der Waals surface area (Å²) < 4.78 is 0. The molecule has 84 valence electrons. The Kier molecular flexibility index (Phi) is 3.30. The number of hydrogen-bond donors (Lipinski definition) is 1. The zero-order valence-electron chi connectivity index (χ0n) is 9.90. The first-order valence-corrected chi connectivity index (χ1v) is 5.84. The van der Waals surface area contributed by atoms with Crippen LogP contribution in [0.3, 0.4) is 0 Å². The maximum atomic E-state index is 3.33. The minimum absolute atomic E-state index is 1.04. The fourth-order valence-corrected chi connectivity index (χ4v) is 2.03. The molecular formula is C14H18N2. The van der Waals surface area contributed by atoms with E-state index in [2.05, 4.69) is 54.1 Å². The Hall–Kier alpha value is -1.70. The van der Waals surface area contributed by atoms with Gasteiger partial charge < -0.3 is 9.88 Å². The zero-order chi connectivity index (χ0) is 11.4. The van der Waals surface area contributed by atoms with Crippen LogP contribution in [0.15, 0.2) is 42.6 Å². The summed E-state index contributed by atoms with van der Waals surface area (Å²) in [6.07, 6.45) is 2.01. The number of H-pyrrole nitrogens is 1. The Bertz CT molecular complexity index is 427. The number of rotatable bonds is 4. The largest absolute Gasteiger partial charge is 0.370 e. The van der Waals surface area contributed by atoms with E-state index in [1.54, 1.807) is 0 Å². The molecule has 1 aromatic heterocycles. The normalized spacial score (nSPS) is 10.4. The van der Waals surface area contributed by atoms with Crippen LogP contribution in [0, 0.1) is 0 Å². The van der Waals surface area contributed by atoms with Gasteiger partial charge >= 0.3 is 0 Å². The van der Waals surface area contributed by atoms with Crippen molar-refractivity contribution in [2.75, 3.05) is 18.0 Å². The molecule has 2 aromatic rings. The lowest BCUT2D eigenvalue weighted by atomic mass is 10.1. The quantitative estimate of drug-likeness (QED) is 0.825. The molecular weight excluding hydrogens is 196 g/mol. The predicted molar refractivity (Wildman–Crippen MR) is 69.8 cm³/mol. The van der Waals surface area contributed by atoms with Gasteiger partial charge in [0, 0.05) is 24.8 Å². The van der Waals surface area contributed by atoms with Crippen molar-refractivity contribution in [2.24, 2.45) is 0 Å². The molecule has 1 heterocycles. The molecule has 1 N–H and O–H groups in total. The highest BCUT2D eigenvalue weighted by Gasteiger charge is 2.10. The van der Waals surface area contributed by atoms with E-state index in [0.29, 0.717) is 0 Å². The summed E-state index contributed by atoms with van der Waals surface area (Å²) in [5, 5.41) is 0. The van der Waals surface area contributed by atoms with Crippen molar-refractivity contribution in [2.45, 2.75) is 13.8 Å². The highest BCUT2D eigenvalue weighted by Crippen LogP contribution is 2.29. The van der Waals surface area contributed by atoms with Crippen molar-refractivity contribution in [3.8, 4) is 11.3 Å². The van der Waals surface area contributed by atoms with E-state index < -0.39 is 0 Å². The van der Waals surface area contributed by atoms with E-state index in [-0.39, 0.29) is 0 Å². The van der Waals surface area contributed by atoms with Gasteiger partial charge in [-0.1, -0.05) is 30.3 Å². The van der Waals surface area contributed by atoms with Gasteiger partial charge in [0.25, 0.3) is 0 Å². The Morgan fingerprint density at radius 1 is 1.00 bits per heavy atom. The van der Waals surface area contributed by atoms with E-state index in [1.807, 2.05) is 12.3 Å². The van der Waals surface area contributed by atoms with Crippen LogP contribution in [0.4, 0.5) is 5.69 Å². The van der Waals surface area contributed by atoms with Crippen molar-refractivity contribution in [3.63, 3.8) is 0 Å². The van der Waals surface area contributed by atoms with Crippen molar-refractivity contribution in [1.82, 2.24) is 4.98 Å². The molecule has 0 aliphatic carbocycles. The average molecular weight is 214 g/mol. The monoisotopic (exact) mass is 214 g/mol. The Balaban J connectivity index is 2.40. The standard InChI is InChI=1S/C14H18N2/c1-3-16(4-2)13-10-11-15-14(13)12-8-6-5-7-9-12/h5-11,15H,3-4H2,1-2H3. The summed E-state index contributed by atoms with van der Waals surface area (Å²) in [6, 6.07) is 12.6. The number of benzene rings is 1. The summed E-state index contributed by atoms with van der Waals surface area (Å²) in [6.45, 7) is 6.44. The summed E-state index contributed by atoms with van der Waals surface area (Å²) in [7, 11) is 0.